The van der Waals surface area contributed by atoms with E-state index in [0.717, 1.165) is 4.47 Å². The Morgan fingerprint density at radius 3 is 2.57 bits per heavy atom. The van der Waals surface area contributed by atoms with Gasteiger partial charge in [-0.15, -0.1) is 0 Å². The van der Waals surface area contributed by atoms with Crippen LogP contribution in [0.4, 0.5) is 0 Å². The maximum atomic E-state index is 12.1. The Kier molecular flexibility index (Phi) is 6.01. The number of hydrogen-bond donors (Lipinski definition) is 2. The lowest BCUT2D eigenvalue weighted by atomic mass is 10.1. The first-order valence-corrected chi connectivity index (χ1v) is 7.78. The molecule has 122 valence electrons. The van der Waals surface area contributed by atoms with Crippen LogP contribution in [0.5, 0.6) is 11.5 Å². The third-order valence-corrected chi connectivity index (χ3v) is 3.83. The molecule has 6 heteroatoms. The summed E-state index contributed by atoms with van der Waals surface area (Å²) in [5, 5.41) is 12.9. The van der Waals surface area contributed by atoms with Gasteiger partial charge >= 0.3 is 0 Å². The highest BCUT2D eigenvalue weighted by atomic mass is 79.9. The molecule has 2 rings (SSSR count). The van der Waals surface area contributed by atoms with Crippen LogP contribution in [-0.4, -0.2) is 31.8 Å². The summed E-state index contributed by atoms with van der Waals surface area (Å²) < 4.78 is 11.2. The van der Waals surface area contributed by atoms with Crippen LogP contribution in [0.25, 0.3) is 0 Å². The Bertz CT molecular complexity index is 690. The molecule has 0 aliphatic heterocycles. The number of benzene rings is 2. The Labute approximate surface area is 143 Å². The first kappa shape index (κ1) is 17.3. The van der Waals surface area contributed by atoms with Gasteiger partial charge in [-0.05, 0) is 35.9 Å². The molecule has 0 saturated carbocycles. The van der Waals surface area contributed by atoms with Gasteiger partial charge in [0.1, 0.15) is 0 Å². The lowest BCUT2D eigenvalue weighted by molar-refractivity contribution is 0.0916. The Balaban J connectivity index is 2.02. The van der Waals surface area contributed by atoms with Gasteiger partial charge in [0.2, 0.25) is 0 Å². The van der Waals surface area contributed by atoms with E-state index < -0.39 is 6.10 Å². The highest BCUT2D eigenvalue weighted by Crippen LogP contribution is 2.29. The van der Waals surface area contributed by atoms with Crippen LogP contribution in [0.2, 0.25) is 0 Å². The van der Waals surface area contributed by atoms with E-state index in [1.807, 2.05) is 6.07 Å². The molecule has 1 amide bonds. The molecule has 0 bridgehead atoms. The molecule has 0 saturated heterocycles. The van der Waals surface area contributed by atoms with Gasteiger partial charge in [0.05, 0.1) is 20.3 Å². The maximum absolute atomic E-state index is 12.1. The van der Waals surface area contributed by atoms with Crippen molar-refractivity contribution in [2.75, 3.05) is 20.8 Å². The second-order valence-electron chi connectivity index (χ2n) is 4.85. The van der Waals surface area contributed by atoms with E-state index in [9.17, 15) is 9.90 Å². The largest absolute Gasteiger partial charge is 0.493 e. The topological polar surface area (TPSA) is 67.8 Å². The number of carbonyl (C=O) groups excluding carboxylic acids is 1. The number of aliphatic hydroxyl groups is 1. The van der Waals surface area contributed by atoms with Crippen LogP contribution in [-0.2, 0) is 0 Å². The minimum Gasteiger partial charge on any atom is -0.493 e. The van der Waals surface area contributed by atoms with Crippen molar-refractivity contribution >= 4 is 21.8 Å². The molecule has 0 aromatic heterocycles. The van der Waals surface area contributed by atoms with Gasteiger partial charge in [-0.2, -0.15) is 0 Å². The van der Waals surface area contributed by atoms with Gasteiger partial charge in [-0.25, -0.2) is 0 Å². The third kappa shape index (κ3) is 4.46. The monoisotopic (exact) mass is 379 g/mol. The number of halogens is 1. The van der Waals surface area contributed by atoms with Gasteiger partial charge in [-0.3, -0.25) is 4.79 Å². The molecule has 0 aliphatic rings. The van der Waals surface area contributed by atoms with Crippen LogP contribution in [0.1, 0.15) is 22.0 Å². The second-order valence-corrected chi connectivity index (χ2v) is 5.77. The first-order chi connectivity index (χ1) is 11.0. The van der Waals surface area contributed by atoms with Crippen molar-refractivity contribution in [1.29, 1.82) is 0 Å². The molecular formula is C17H18BrNO4. The maximum Gasteiger partial charge on any atom is 0.251 e. The number of nitrogens with one attached hydrogen (secondary N) is 1. The molecule has 0 fully saturated rings. The van der Waals surface area contributed by atoms with E-state index >= 15 is 0 Å². The number of aliphatic hydroxyl groups excluding tert-OH is 1. The SMILES string of the molecule is COc1ccc([C@H](O)CNC(=O)c2cccc(Br)c2)cc1OC. The van der Waals surface area contributed by atoms with Crippen molar-refractivity contribution in [3.05, 3.63) is 58.1 Å². The normalized spacial score (nSPS) is 11.7. The van der Waals surface area contributed by atoms with Crippen LogP contribution >= 0.6 is 15.9 Å². The van der Waals surface area contributed by atoms with Crippen molar-refractivity contribution in [2.45, 2.75) is 6.10 Å². The fourth-order valence-corrected chi connectivity index (χ4v) is 2.50. The van der Waals surface area contributed by atoms with Crippen molar-refractivity contribution in [1.82, 2.24) is 5.32 Å². The standard InChI is InChI=1S/C17H18BrNO4/c1-22-15-7-6-11(9-16(15)23-2)14(20)10-19-17(21)12-4-3-5-13(18)8-12/h3-9,14,20H,10H2,1-2H3,(H,19,21)/t14-/m1/s1. The summed E-state index contributed by atoms with van der Waals surface area (Å²) in [6, 6.07) is 12.2. The smallest absolute Gasteiger partial charge is 0.251 e. The molecule has 5 nitrogen and oxygen atoms in total. The van der Waals surface area contributed by atoms with E-state index in [-0.39, 0.29) is 12.5 Å². The predicted octanol–water partition coefficient (Wildman–Crippen LogP) is 2.93. The van der Waals surface area contributed by atoms with Gasteiger partial charge in [0, 0.05) is 16.6 Å². The number of amides is 1. The molecular weight excluding hydrogens is 362 g/mol. The number of methoxy groups -OCH3 is 2. The van der Waals surface area contributed by atoms with Crippen LogP contribution in [0.3, 0.4) is 0 Å². The molecule has 0 radical (unpaired) electrons. The zero-order valence-electron chi connectivity index (χ0n) is 12.9. The van der Waals surface area contributed by atoms with E-state index in [2.05, 4.69) is 21.2 Å². The summed E-state index contributed by atoms with van der Waals surface area (Å²) in [6.07, 6.45) is -0.842. The van der Waals surface area contributed by atoms with Crippen LogP contribution < -0.4 is 14.8 Å². The summed E-state index contributed by atoms with van der Waals surface area (Å²) in [4.78, 5) is 12.1. The lowest BCUT2D eigenvalue weighted by Crippen LogP contribution is -2.28. The average Bonchev–Trinajstić information content (AvgIpc) is 2.58. The quantitative estimate of drug-likeness (QED) is 0.809. The summed E-state index contributed by atoms with van der Waals surface area (Å²) in [5.41, 5.74) is 1.16. The molecule has 2 aromatic carbocycles. The first-order valence-electron chi connectivity index (χ1n) is 6.99. The number of hydrogen-bond acceptors (Lipinski definition) is 4. The number of rotatable bonds is 6. The van der Waals surface area contributed by atoms with E-state index in [0.29, 0.717) is 22.6 Å². The van der Waals surface area contributed by atoms with Crippen molar-refractivity contribution in [3.8, 4) is 11.5 Å². The van der Waals surface area contributed by atoms with Gasteiger partial charge in [0.25, 0.3) is 5.91 Å². The van der Waals surface area contributed by atoms with Gasteiger partial charge in [0.15, 0.2) is 11.5 Å². The highest BCUT2D eigenvalue weighted by molar-refractivity contribution is 9.10. The second kappa shape index (κ2) is 7.99. The Hall–Kier alpha value is -2.05. The van der Waals surface area contributed by atoms with E-state index in [4.69, 9.17) is 9.47 Å². The molecule has 0 aliphatic carbocycles. The Morgan fingerprint density at radius 1 is 1.17 bits per heavy atom. The average molecular weight is 380 g/mol. The van der Waals surface area contributed by atoms with Gasteiger partial charge < -0.3 is 19.9 Å². The minimum absolute atomic E-state index is 0.0980. The Morgan fingerprint density at radius 2 is 1.91 bits per heavy atom. The fraction of sp³-hybridized carbons (Fsp3) is 0.235. The molecule has 2 aromatic rings. The molecule has 23 heavy (non-hydrogen) atoms. The zero-order chi connectivity index (χ0) is 16.8. The van der Waals surface area contributed by atoms with Crippen molar-refractivity contribution in [2.24, 2.45) is 0 Å². The number of ether oxygens (including phenoxy) is 2. The van der Waals surface area contributed by atoms with Crippen LogP contribution in [0.15, 0.2) is 46.9 Å². The van der Waals surface area contributed by atoms with E-state index in [1.165, 1.54) is 7.11 Å². The molecule has 2 N–H and O–H groups in total. The molecule has 1 atom stereocenters. The molecule has 0 unspecified atom stereocenters. The van der Waals surface area contributed by atoms with E-state index in [1.54, 1.807) is 43.5 Å². The zero-order valence-corrected chi connectivity index (χ0v) is 14.5. The minimum atomic E-state index is -0.842. The summed E-state index contributed by atoms with van der Waals surface area (Å²) in [6.45, 7) is 0.0980. The third-order valence-electron chi connectivity index (χ3n) is 3.34. The lowest BCUT2D eigenvalue weighted by Gasteiger charge is -2.15. The van der Waals surface area contributed by atoms with Gasteiger partial charge in [-0.1, -0.05) is 28.1 Å². The number of carbonyl (C=O) groups is 1. The molecule has 0 spiro atoms. The van der Waals surface area contributed by atoms with Crippen LogP contribution in [0, 0.1) is 0 Å². The predicted molar refractivity (Wildman–Crippen MR) is 91.0 cm³/mol. The molecule has 0 heterocycles. The summed E-state index contributed by atoms with van der Waals surface area (Å²) in [7, 11) is 3.08. The summed E-state index contributed by atoms with van der Waals surface area (Å²) in [5.74, 6) is 0.870. The van der Waals surface area contributed by atoms with Crippen molar-refractivity contribution < 1.29 is 19.4 Å². The summed E-state index contributed by atoms with van der Waals surface area (Å²) >= 11 is 3.32. The highest BCUT2D eigenvalue weighted by Gasteiger charge is 2.13. The fourth-order valence-electron chi connectivity index (χ4n) is 2.10. The van der Waals surface area contributed by atoms with Crippen molar-refractivity contribution in [3.63, 3.8) is 0 Å².